The van der Waals surface area contributed by atoms with Gasteiger partial charge in [-0.2, -0.15) is 0 Å². The van der Waals surface area contributed by atoms with Gasteiger partial charge in [0, 0.05) is 45.8 Å². The van der Waals surface area contributed by atoms with Gasteiger partial charge in [-0.1, -0.05) is 209 Å². The van der Waals surface area contributed by atoms with Crippen LogP contribution in [0.4, 0.5) is 0 Å². The number of nitrogens with zero attached hydrogens (tertiary/aromatic N) is 2. The van der Waals surface area contributed by atoms with Crippen molar-refractivity contribution in [3.8, 4) is 0 Å². The first-order valence-electron chi connectivity index (χ1n) is 28.0. The lowest BCUT2D eigenvalue weighted by atomic mass is 10.0. The van der Waals surface area contributed by atoms with Crippen LogP contribution in [0.25, 0.3) is 0 Å². The van der Waals surface area contributed by atoms with Crippen LogP contribution in [0, 0.1) is 0 Å². The van der Waals surface area contributed by atoms with Gasteiger partial charge >= 0.3 is 0 Å². The molecule has 0 aliphatic heterocycles. The second kappa shape index (κ2) is 53.2. The van der Waals surface area contributed by atoms with Gasteiger partial charge in [-0.05, 0) is 103 Å². The zero-order chi connectivity index (χ0) is 47.4. The largest absolute Gasteiger partial charge is 0.392 e. The molecule has 0 amide bonds. The van der Waals surface area contributed by atoms with Crippen LogP contribution < -0.4 is 5.32 Å². The molecule has 0 aliphatic rings. The molecule has 0 rings (SSSR count). The van der Waals surface area contributed by atoms with Gasteiger partial charge in [0.25, 0.3) is 0 Å². The van der Waals surface area contributed by atoms with E-state index in [-0.39, 0.29) is 18.3 Å². The highest BCUT2D eigenvalue weighted by Gasteiger charge is 2.17. The minimum atomic E-state index is -0.352. The monoisotopic (exact) mass is 910 g/mol. The number of aliphatic hydroxyl groups excluding tert-OH is 3. The van der Waals surface area contributed by atoms with Crippen LogP contribution >= 0.6 is 0 Å². The molecule has 380 valence electrons. The van der Waals surface area contributed by atoms with Crippen molar-refractivity contribution in [2.75, 3.05) is 52.9 Å². The van der Waals surface area contributed by atoms with Crippen LogP contribution in [-0.2, 0) is 0 Å². The average molecular weight is 911 g/mol. The van der Waals surface area contributed by atoms with E-state index in [4.69, 9.17) is 0 Å². The lowest BCUT2D eigenvalue weighted by Crippen LogP contribution is -2.43. The quantitative estimate of drug-likeness (QED) is 0.0360. The lowest BCUT2D eigenvalue weighted by molar-refractivity contribution is 0.0563. The van der Waals surface area contributed by atoms with Gasteiger partial charge in [-0.25, -0.2) is 0 Å². The minimum Gasteiger partial charge on any atom is -0.392 e. The molecule has 0 radical (unpaired) electrons. The van der Waals surface area contributed by atoms with Gasteiger partial charge in [0.05, 0.1) is 18.3 Å². The number of hydrogen-bond acceptors (Lipinski definition) is 6. The first-order valence-corrected chi connectivity index (χ1v) is 28.0. The molecule has 0 aromatic heterocycles. The number of allylic oxidation sites excluding steroid dienone is 12. The van der Waals surface area contributed by atoms with E-state index in [1.165, 1.54) is 154 Å². The van der Waals surface area contributed by atoms with Gasteiger partial charge in [0.2, 0.25) is 0 Å². The van der Waals surface area contributed by atoms with E-state index in [0.717, 1.165) is 84.0 Å². The highest BCUT2D eigenvalue weighted by Crippen LogP contribution is 2.15. The molecule has 0 bridgehead atoms. The van der Waals surface area contributed by atoms with Gasteiger partial charge < -0.3 is 25.5 Å². The van der Waals surface area contributed by atoms with Crippen molar-refractivity contribution in [2.45, 2.75) is 251 Å². The van der Waals surface area contributed by atoms with E-state index in [2.05, 4.69) is 116 Å². The zero-order valence-electron chi connectivity index (χ0n) is 43.7. The van der Waals surface area contributed by atoms with Crippen LogP contribution in [0.3, 0.4) is 0 Å². The smallest absolute Gasteiger partial charge is 0.0667 e. The van der Waals surface area contributed by atoms with Crippen molar-refractivity contribution in [3.05, 3.63) is 72.9 Å². The van der Waals surface area contributed by atoms with Crippen molar-refractivity contribution in [1.82, 2.24) is 15.1 Å². The Bertz CT molecular complexity index is 1060. The fourth-order valence-electron chi connectivity index (χ4n) is 8.17. The summed E-state index contributed by atoms with van der Waals surface area (Å²) in [6.45, 7) is 12.1. The second-order valence-corrected chi connectivity index (χ2v) is 19.2. The summed E-state index contributed by atoms with van der Waals surface area (Å²) in [4.78, 5) is 4.65. The van der Waals surface area contributed by atoms with Crippen molar-refractivity contribution in [1.29, 1.82) is 0 Å². The standard InChI is InChI=1S/C59H111N3O3/c1-5-8-11-14-17-20-23-26-29-32-35-38-41-44-47-57(63)54-60-50-51-61(4)52-53-62(55-58(64)48-45-42-39-36-33-30-27-24-21-18-15-12-9-6-2)56-59(65)49-46-43-40-37-34-31-28-25-22-19-16-13-10-7-3/h11-16,20-25,57-60,63-65H,5-10,17-19,26-56H2,1-4H3/b14-11-,15-12-,16-13-,23-20-,24-21-,25-22-. The third-order valence-corrected chi connectivity index (χ3v) is 12.4. The molecule has 0 fully saturated rings. The normalized spacial score (nSPS) is 14.2. The molecular weight excluding hydrogens is 799 g/mol. The Hall–Kier alpha value is -1.80. The topological polar surface area (TPSA) is 79.2 Å². The molecule has 0 heterocycles. The van der Waals surface area contributed by atoms with Crippen LogP contribution in [0.5, 0.6) is 0 Å². The minimum absolute atomic E-state index is 0.277. The summed E-state index contributed by atoms with van der Waals surface area (Å²) in [7, 11) is 2.16. The summed E-state index contributed by atoms with van der Waals surface area (Å²) in [5.41, 5.74) is 0. The van der Waals surface area contributed by atoms with Crippen LogP contribution in [0.15, 0.2) is 72.9 Å². The molecule has 0 aliphatic carbocycles. The maximum Gasteiger partial charge on any atom is 0.0667 e. The van der Waals surface area contributed by atoms with Crippen molar-refractivity contribution < 1.29 is 15.3 Å². The fourth-order valence-corrected chi connectivity index (χ4v) is 8.17. The number of rotatable bonds is 51. The molecule has 0 aromatic rings. The molecule has 0 spiro atoms. The molecular formula is C59H111N3O3. The number of unbranched alkanes of at least 4 members (excludes halogenated alkanes) is 21. The first-order chi connectivity index (χ1) is 31.9. The Morgan fingerprint density at radius 1 is 0.369 bits per heavy atom. The van der Waals surface area contributed by atoms with E-state index in [9.17, 15) is 15.3 Å². The summed E-state index contributed by atoms with van der Waals surface area (Å²) >= 11 is 0. The number of likely N-dealkylation sites (N-methyl/N-ethyl adjacent to an activating group) is 1. The molecule has 0 aromatic carbocycles. The van der Waals surface area contributed by atoms with E-state index >= 15 is 0 Å². The van der Waals surface area contributed by atoms with Crippen LogP contribution in [0.2, 0.25) is 0 Å². The summed E-state index contributed by atoms with van der Waals surface area (Å²) in [5.74, 6) is 0. The molecule has 4 N–H and O–H groups in total. The highest BCUT2D eigenvalue weighted by atomic mass is 16.3. The van der Waals surface area contributed by atoms with Crippen molar-refractivity contribution >= 4 is 0 Å². The third kappa shape index (κ3) is 51.4. The first kappa shape index (κ1) is 63.2. The third-order valence-electron chi connectivity index (χ3n) is 12.4. The molecule has 3 atom stereocenters. The average Bonchev–Trinajstić information content (AvgIpc) is 3.29. The fraction of sp³-hybridized carbons (Fsp3) is 0.797. The van der Waals surface area contributed by atoms with Gasteiger partial charge in [-0.15, -0.1) is 0 Å². The van der Waals surface area contributed by atoms with Gasteiger partial charge in [-0.3, -0.25) is 4.90 Å². The summed E-state index contributed by atoms with van der Waals surface area (Å²) in [6.07, 6.45) is 65.4. The van der Waals surface area contributed by atoms with Crippen molar-refractivity contribution in [2.24, 2.45) is 0 Å². The lowest BCUT2D eigenvalue weighted by Gasteiger charge is -2.29. The Kier molecular flexibility index (Phi) is 51.7. The molecule has 65 heavy (non-hydrogen) atoms. The number of aliphatic hydroxyl groups is 3. The Labute approximate surface area is 405 Å². The van der Waals surface area contributed by atoms with E-state index < -0.39 is 0 Å². The Balaban J connectivity index is 4.45. The van der Waals surface area contributed by atoms with E-state index in [1.807, 2.05) is 0 Å². The maximum absolute atomic E-state index is 11.1. The van der Waals surface area contributed by atoms with E-state index in [1.54, 1.807) is 0 Å². The highest BCUT2D eigenvalue weighted by molar-refractivity contribution is 4.94. The maximum atomic E-state index is 11.1. The number of nitrogens with one attached hydrogen (secondary N) is 1. The van der Waals surface area contributed by atoms with Gasteiger partial charge in [0.15, 0.2) is 0 Å². The summed E-state index contributed by atoms with van der Waals surface area (Å²) < 4.78 is 0. The van der Waals surface area contributed by atoms with Crippen molar-refractivity contribution in [3.63, 3.8) is 0 Å². The Morgan fingerprint density at radius 3 is 1.06 bits per heavy atom. The summed E-state index contributed by atoms with van der Waals surface area (Å²) in [5, 5.41) is 36.2. The number of hydrogen-bond donors (Lipinski definition) is 4. The molecule has 0 saturated heterocycles. The second-order valence-electron chi connectivity index (χ2n) is 19.2. The molecule has 0 saturated carbocycles. The predicted octanol–water partition coefficient (Wildman–Crippen LogP) is 15.2. The van der Waals surface area contributed by atoms with Gasteiger partial charge in [0.1, 0.15) is 0 Å². The summed E-state index contributed by atoms with van der Waals surface area (Å²) in [6, 6.07) is 0. The Morgan fingerprint density at radius 2 is 0.692 bits per heavy atom. The zero-order valence-corrected chi connectivity index (χ0v) is 43.7. The predicted molar refractivity (Wildman–Crippen MR) is 289 cm³/mol. The molecule has 6 heteroatoms. The van der Waals surface area contributed by atoms with E-state index in [0.29, 0.717) is 19.6 Å². The molecule has 3 unspecified atom stereocenters. The van der Waals surface area contributed by atoms with Crippen LogP contribution in [-0.4, -0.2) is 96.3 Å². The SMILES string of the molecule is CCC/C=C\C/C=C\CCCCCCCCC(O)CNCCN(C)CCN(CC(O)CCCCCCCC/C=C\C/C=C\CCC)CC(O)CCCCCCCC/C=C\C/C=C\CCC. The van der Waals surface area contributed by atoms with Crippen LogP contribution in [0.1, 0.15) is 233 Å². The molecule has 6 nitrogen and oxygen atoms in total.